The number of benzene rings is 1. The first-order chi connectivity index (χ1) is 10.8. The lowest BCUT2D eigenvalue weighted by molar-refractivity contribution is 0.0526. The van der Waals surface area contributed by atoms with E-state index in [0.717, 1.165) is 0 Å². The van der Waals surface area contributed by atoms with Crippen LogP contribution >= 0.6 is 0 Å². The number of hydrogen-bond acceptors (Lipinski definition) is 4. The van der Waals surface area contributed by atoms with Crippen molar-refractivity contribution in [1.82, 2.24) is 10.6 Å². The number of rotatable bonds is 7. The Morgan fingerprint density at radius 2 is 1.70 bits per heavy atom. The largest absolute Gasteiger partial charge is 0.494 e. The fourth-order valence-corrected chi connectivity index (χ4v) is 1.64. The lowest BCUT2D eigenvalue weighted by Gasteiger charge is -2.19. The number of carbonyl (C=O) groups is 2. The van der Waals surface area contributed by atoms with Gasteiger partial charge in [-0.3, -0.25) is 4.79 Å². The van der Waals surface area contributed by atoms with Gasteiger partial charge in [-0.05, 0) is 45.0 Å². The first-order valence-electron chi connectivity index (χ1n) is 7.50. The van der Waals surface area contributed by atoms with E-state index in [1.165, 1.54) is 0 Å². The Kier molecular flexibility index (Phi) is 7.45. The van der Waals surface area contributed by atoms with Crippen LogP contribution in [0.3, 0.4) is 0 Å². The molecule has 0 aromatic heterocycles. The molecule has 0 unspecified atom stereocenters. The van der Waals surface area contributed by atoms with Crippen LogP contribution in [0.5, 0.6) is 5.75 Å². The molecule has 0 aliphatic carbocycles. The summed E-state index contributed by atoms with van der Waals surface area (Å²) in [6, 6.07) is 6.76. The van der Waals surface area contributed by atoms with Gasteiger partial charge in [0.2, 0.25) is 0 Å². The minimum Gasteiger partial charge on any atom is -0.494 e. The van der Waals surface area contributed by atoms with Crippen molar-refractivity contribution in [3.8, 4) is 5.75 Å². The standard InChI is InChI=1S/C16H23BN2O4/c1-16(2,3)23-15(21)19-10-9-18-14(20)12-4-6-13(7-5-12)22-11-8-17/h4-7H,8-11H2,1-3H3,(H,18,20)(H,19,21). The quantitative estimate of drug-likeness (QED) is 0.595. The van der Waals surface area contributed by atoms with Gasteiger partial charge in [0.25, 0.3) is 5.91 Å². The van der Waals surface area contributed by atoms with Crippen LogP contribution in [0.1, 0.15) is 31.1 Å². The Hall–Kier alpha value is -2.18. The third kappa shape index (κ3) is 8.14. The second-order valence-corrected chi connectivity index (χ2v) is 5.85. The summed E-state index contributed by atoms with van der Waals surface area (Å²) in [5.41, 5.74) is -0.0245. The van der Waals surface area contributed by atoms with Crippen LogP contribution in [-0.2, 0) is 4.74 Å². The molecule has 2 amide bonds. The van der Waals surface area contributed by atoms with Crippen LogP contribution in [-0.4, -0.2) is 45.1 Å². The monoisotopic (exact) mass is 318 g/mol. The summed E-state index contributed by atoms with van der Waals surface area (Å²) >= 11 is 0. The maximum absolute atomic E-state index is 11.9. The average molecular weight is 318 g/mol. The average Bonchev–Trinajstić information content (AvgIpc) is 2.48. The molecule has 0 fully saturated rings. The summed E-state index contributed by atoms with van der Waals surface area (Å²) in [6.45, 7) is 6.39. The molecule has 0 saturated heterocycles. The van der Waals surface area contributed by atoms with Crippen LogP contribution in [0.2, 0.25) is 6.32 Å². The zero-order chi connectivity index (χ0) is 17.3. The molecule has 0 heterocycles. The maximum Gasteiger partial charge on any atom is 0.407 e. The number of alkyl carbamates (subject to hydrolysis) is 1. The summed E-state index contributed by atoms with van der Waals surface area (Å²) < 4.78 is 10.4. The summed E-state index contributed by atoms with van der Waals surface area (Å²) in [4.78, 5) is 23.4. The second-order valence-electron chi connectivity index (χ2n) is 5.85. The van der Waals surface area contributed by atoms with Gasteiger partial charge in [-0.15, -0.1) is 0 Å². The second kappa shape index (κ2) is 9.07. The number of nitrogens with one attached hydrogen (secondary N) is 2. The van der Waals surface area contributed by atoms with Crippen LogP contribution in [0.4, 0.5) is 4.79 Å². The third-order valence-electron chi connectivity index (χ3n) is 2.58. The van der Waals surface area contributed by atoms with Gasteiger partial charge in [0, 0.05) is 18.7 Å². The van der Waals surface area contributed by atoms with Crippen LogP contribution in [0.15, 0.2) is 24.3 Å². The highest BCUT2D eigenvalue weighted by Crippen LogP contribution is 2.12. The van der Waals surface area contributed by atoms with E-state index >= 15 is 0 Å². The highest BCUT2D eigenvalue weighted by Gasteiger charge is 2.15. The molecule has 2 radical (unpaired) electrons. The van der Waals surface area contributed by atoms with Gasteiger partial charge in [-0.2, -0.15) is 0 Å². The summed E-state index contributed by atoms with van der Waals surface area (Å²) in [5.74, 6) is 0.444. The highest BCUT2D eigenvalue weighted by atomic mass is 16.6. The van der Waals surface area contributed by atoms with Crippen LogP contribution in [0, 0.1) is 0 Å². The van der Waals surface area contributed by atoms with E-state index in [1.807, 2.05) is 0 Å². The van der Waals surface area contributed by atoms with Crippen LogP contribution in [0.25, 0.3) is 0 Å². The van der Waals surface area contributed by atoms with Crippen molar-refractivity contribution in [3.05, 3.63) is 29.8 Å². The van der Waals surface area contributed by atoms with Crippen LogP contribution < -0.4 is 15.4 Å². The molecule has 0 saturated carbocycles. The van der Waals surface area contributed by atoms with Gasteiger partial charge in [-0.1, -0.05) is 6.32 Å². The zero-order valence-corrected chi connectivity index (χ0v) is 13.8. The van der Waals surface area contributed by atoms with Gasteiger partial charge < -0.3 is 20.1 Å². The van der Waals surface area contributed by atoms with Gasteiger partial charge >= 0.3 is 6.09 Å². The normalized spacial score (nSPS) is 10.7. The van der Waals surface area contributed by atoms with Crippen molar-refractivity contribution in [2.45, 2.75) is 32.7 Å². The molecule has 1 aromatic carbocycles. The fourth-order valence-electron chi connectivity index (χ4n) is 1.64. The minimum atomic E-state index is -0.541. The molecule has 0 aliphatic heterocycles. The van der Waals surface area contributed by atoms with Crippen molar-refractivity contribution >= 4 is 19.8 Å². The summed E-state index contributed by atoms with van der Waals surface area (Å²) in [6.07, 6.45) is -0.0690. The third-order valence-corrected chi connectivity index (χ3v) is 2.58. The van der Waals surface area contributed by atoms with Crippen molar-refractivity contribution in [1.29, 1.82) is 0 Å². The van der Waals surface area contributed by atoms with E-state index in [0.29, 0.717) is 37.3 Å². The topological polar surface area (TPSA) is 76.7 Å². The Balaban J connectivity index is 2.30. The lowest BCUT2D eigenvalue weighted by Crippen LogP contribution is -2.37. The van der Waals surface area contributed by atoms with E-state index in [2.05, 4.69) is 10.6 Å². The molecule has 23 heavy (non-hydrogen) atoms. The Morgan fingerprint density at radius 1 is 1.09 bits per heavy atom. The van der Waals surface area contributed by atoms with Crippen molar-refractivity contribution in [2.75, 3.05) is 19.7 Å². The Bertz CT molecular complexity index is 512. The predicted molar refractivity (Wildman–Crippen MR) is 89.1 cm³/mol. The molecule has 124 valence electrons. The zero-order valence-electron chi connectivity index (χ0n) is 13.8. The SMILES string of the molecule is [B]CCOc1ccc(C(=O)NCCNC(=O)OC(C)(C)C)cc1. The fraction of sp³-hybridized carbons (Fsp3) is 0.500. The molecule has 0 atom stereocenters. The van der Waals surface area contributed by atoms with Gasteiger partial charge in [0.1, 0.15) is 11.4 Å². The van der Waals surface area contributed by atoms with E-state index < -0.39 is 11.7 Å². The maximum atomic E-state index is 11.9. The highest BCUT2D eigenvalue weighted by molar-refractivity contribution is 6.08. The van der Waals surface area contributed by atoms with E-state index in [-0.39, 0.29) is 5.91 Å². The number of ether oxygens (including phenoxy) is 2. The van der Waals surface area contributed by atoms with E-state index in [1.54, 1.807) is 45.0 Å². The van der Waals surface area contributed by atoms with Gasteiger partial charge in [0.05, 0.1) is 14.5 Å². The summed E-state index contributed by atoms with van der Waals surface area (Å²) in [5, 5.41) is 5.28. The molecule has 0 spiro atoms. The molecule has 0 bridgehead atoms. The number of hydrogen-bond donors (Lipinski definition) is 2. The molecular weight excluding hydrogens is 295 g/mol. The molecule has 2 N–H and O–H groups in total. The molecule has 1 aromatic rings. The first kappa shape index (κ1) is 18.9. The summed E-state index contributed by atoms with van der Waals surface area (Å²) in [7, 11) is 5.35. The number of carbonyl (C=O) groups excluding carboxylic acids is 2. The van der Waals surface area contributed by atoms with Crippen molar-refractivity contribution in [2.24, 2.45) is 0 Å². The number of amides is 2. The van der Waals surface area contributed by atoms with Crippen molar-refractivity contribution in [3.63, 3.8) is 0 Å². The van der Waals surface area contributed by atoms with E-state index in [4.69, 9.17) is 17.3 Å². The molecule has 6 nitrogen and oxygen atoms in total. The molecule has 7 heteroatoms. The van der Waals surface area contributed by atoms with E-state index in [9.17, 15) is 9.59 Å². The molecular formula is C16H23BN2O4. The Labute approximate surface area is 138 Å². The van der Waals surface area contributed by atoms with Crippen molar-refractivity contribution < 1.29 is 19.1 Å². The smallest absolute Gasteiger partial charge is 0.407 e. The van der Waals surface area contributed by atoms with Gasteiger partial charge in [-0.25, -0.2) is 4.79 Å². The Morgan fingerprint density at radius 3 is 2.26 bits per heavy atom. The lowest BCUT2D eigenvalue weighted by atomic mass is 10.1. The minimum absolute atomic E-state index is 0.221. The predicted octanol–water partition coefficient (Wildman–Crippen LogP) is 1.91. The molecule has 0 aliphatic rings. The first-order valence-corrected chi connectivity index (χ1v) is 7.50. The molecule has 1 rings (SSSR count). The van der Waals surface area contributed by atoms with Gasteiger partial charge in [0.15, 0.2) is 0 Å².